The van der Waals surface area contributed by atoms with Crippen molar-refractivity contribution in [3.8, 4) is 0 Å². The lowest BCUT2D eigenvalue weighted by atomic mass is 10.1. The molecule has 0 aliphatic heterocycles. The maximum atomic E-state index is 12.2. The molecular formula is C14H17NO3S. The van der Waals surface area contributed by atoms with Crippen LogP contribution in [0.2, 0.25) is 0 Å². The lowest BCUT2D eigenvalue weighted by Gasteiger charge is -2.14. The van der Waals surface area contributed by atoms with Crippen molar-refractivity contribution >= 4 is 23.6 Å². The minimum absolute atomic E-state index is 0.0245. The molecule has 1 aliphatic carbocycles. The van der Waals surface area contributed by atoms with E-state index < -0.39 is 5.97 Å². The summed E-state index contributed by atoms with van der Waals surface area (Å²) in [7, 11) is 0. The van der Waals surface area contributed by atoms with Gasteiger partial charge in [-0.25, -0.2) is 0 Å². The van der Waals surface area contributed by atoms with E-state index in [0.29, 0.717) is 18.4 Å². The van der Waals surface area contributed by atoms with Crippen LogP contribution in [0.4, 0.5) is 0 Å². The molecular weight excluding hydrogens is 262 g/mol. The summed E-state index contributed by atoms with van der Waals surface area (Å²) in [4.78, 5) is 24.0. The van der Waals surface area contributed by atoms with Crippen LogP contribution in [0.15, 0.2) is 29.2 Å². The van der Waals surface area contributed by atoms with Gasteiger partial charge in [-0.2, -0.15) is 0 Å². The molecule has 1 saturated carbocycles. The van der Waals surface area contributed by atoms with Gasteiger partial charge in [0.05, 0.1) is 11.5 Å². The van der Waals surface area contributed by atoms with E-state index in [9.17, 15) is 9.59 Å². The van der Waals surface area contributed by atoms with Gasteiger partial charge in [0.15, 0.2) is 0 Å². The number of hydrogen-bond acceptors (Lipinski definition) is 3. The number of benzene rings is 1. The van der Waals surface area contributed by atoms with Crippen LogP contribution in [-0.4, -0.2) is 29.3 Å². The van der Waals surface area contributed by atoms with Crippen LogP contribution in [0, 0.1) is 5.92 Å². The van der Waals surface area contributed by atoms with Gasteiger partial charge in [-0.15, -0.1) is 11.8 Å². The minimum Gasteiger partial charge on any atom is -0.481 e. The van der Waals surface area contributed by atoms with Crippen LogP contribution < -0.4 is 5.32 Å². The number of carboxylic acids is 1. The molecule has 0 aromatic heterocycles. The Balaban J connectivity index is 2.00. The number of carboxylic acid groups (broad SMARTS) is 1. The lowest BCUT2D eigenvalue weighted by Crippen LogP contribution is -2.33. The molecule has 2 rings (SSSR count). The molecule has 2 N–H and O–H groups in total. The summed E-state index contributed by atoms with van der Waals surface area (Å²) in [6.45, 7) is 0. The molecule has 1 aromatic rings. The van der Waals surface area contributed by atoms with Crippen molar-refractivity contribution in [2.75, 3.05) is 6.26 Å². The monoisotopic (exact) mass is 279 g/mol. The number of nitrogens with one attached hydrogen (secondary N) is 1. The fraction of sp³-hybridized carbons (Fsp3) is 0.429. The standard InChI is InChI=1S/C14H17NO3S/c1-19-12-5-3-2-4-11(12)13(16)15-10-7-6-9(8-10)14(17)18/h2-5,9-10H,6-8H2,1H3,(H,15,16)(H,17,18). The van der Waals surface area contributed by atoms with Crippen molar-refractivity contribution in [3.63, 3.8) is 0 Å². The molecule has 19 heavy (non-hydrogen) atoms. The molecule has 0 saturated heterocycles. The van der Waals surface area contributed by atoms with E-state index in [1.807, 2.05) is 24.5 Å². The van der Waals surface area contributed by atoms with Gasteiger partial charge in [0.1, 0.15) is 0 Å². The van der Waals surface area contributed by atoms with Gasteiger partial charge in [-0.3, -0.25) is 9.59 Å². The molecule has 2 atom stereocenters. The van der Waals surface area contributed by atoms with Crippen LogP contribution in [0.1, 0.15) is 29.6 Å². The third kappa shape index (κ3) is 3.29. The maximum Gasteiger partial charge on any atom is 0.306 e. The summed E-state index contributed by atoms with van der Waals surface area (Å²) in [6.07, 6.45) is 3.85. The number of carbonyl (C=O) groups excluding carboxylic acids is 1. The highest BCUT2D eigenvalue weighted by Crippen LogP contribution is 2.26. The van der Waals surface area contributed by atoms with Crippen molar-refractivity contribution in [3.05, 3.63) is 29.8 Å². The second-order valence-electron chi connectivity index (χ2n) is 4.72. The van der Waals surface area contributed by atoms with Crippen molar-refractivity contribution in [2.24, 2.45) is 5.92 Å². The van der Waals surface area contributed by atoms with Gasteiger partial charge in [0.2, 0.25) is 0 Å². The Hall–Kier alpha value is -1.49. The quantitative estimate of drug-likeness (QED) is 0.831. The summed E-state index contributed by atoms with van der Waals surface area (Å²) >= 11 is 1.53. The first-order chi connectivity index (χ1) is 9.11. The van der Waals surface area contributed by atoms with Crippen molar-refractivity contribution in [1.82, 2.24) is 5.32 Å². The van der Waals surface area contributed by atoms with Crippen LogP contribution in [0.3, 0.4) is 0 Å². The smallest absolute Gasteiger partial charge is 0.306 e. The number of thioether (sulfide) groups is 1. The molecule has 2 unspecified atom stereocenters. The minimum atomic E-state index is -0.763. The van der Waals surface area contributed by atoms with E-state index in [1.165, 1.54) is 11.8 Å². The van der Waals surface area contributed by atoms with Gasteiger partial charge in [-0.05, 0) is 37.7 Å². The van der Waals surface area contributed by atoms with Gasteiger partial charge >= 0.3 is 5.97 Å². The average Bonchev–Trinajstić information content (AvgIpc) is 2.87. The first-order valence-electron chi connectivity index (χ1n) is 6.28. The first-order valence-corrected chi connectivity index (χ1v) is 7.51. The predicted octanol–water partition coefficient (Wildman–Crippen LogP) is 2.39. The van der Waals surface area contributed by atoms with E-state index in [4.69, 9.17) is 5.11 Å². The van der Waals surface area contributed by atoms with Gasteiger partial charge in [0, 0.05) is 10.9 Å². The fourth-order valence-electron chi connectivity index (χ4n) is 2.43. The molecule has 0 bridgehead atoms. The summed E-state index contributed by atoms with van der Waals surface area (Å²) in [5, 5.41) is 11.9. The molecule has 0 heterocycles. The Bertz CT molecular complexity index is 489. The number of hydrogen-bond donors (Lipinski definition) is 2. The van der Waals surface area contributed by atoms with E-state index in [0.717, 1.165) is 11.3 Å². The van der Waals surface area contributed by atoms with Crippen molar-refractivity contribution in [2.45, 2.75) is 30.2 Å². The van der Waals surface area contributed by atoms with Gasteiger partial charge in [0.25, 0.3) is 5.91 Å². The zero-order chi connectivity index (χ0) is 13.8. The van der Waals surface area contributed by atoms with E-state index in [1.54, 1.807) is 6.07 Å². The van der Waals surface area contributed by atoms with Gasteiger partial charge < -0.3 is 10.4 Å². The number of aliphatic carboxylic acids is 1. The Morgan fingerprint density at radius 3 is 2.68 bits per heavy atom. The molecule has 1 aliphatic rings. The second-order valence-corrected chi connectivity index (χ2v) is 5.57. The summed E-state index contributed by atoms with van der Waals surface area (Å²) < 4.78 is 0. The van der Waals surface area contributed by atoms with Crippen LogP contribution in [0.5, 0.6) is 0 Å². The highest BCUT2D eigenvalue weighted by molar-refractivity contribution is 7.98. The summed E-state index contributed by atoms with van der Waals surface area (Å²) in [5.74, 6) is -1.19. The van der Waals surface area contributed by atoms with E-state index >= 15 is 0 Å². The Labute approximate surface area is 116 Å². The Morgan fingerprint density at radius 1 is 1.32 bits per heavy atom. The zero-order valence-electron chi connectivity index (χ0n) is 10.8. The second kappa shape index (κ2) is 6.10. The average molecular weight is 279 g/mol. The van der Waals surface area contributed by atoms with Crippen molar-refractivity contribution in [1.29, 1.82) is 0 Å². The zero-order valence-corrected chi connectivity index (χ0v) is 11.6. The third-order valence-corrected chi connectivity index (χ3v) is 4.26. The van der Waals surface area contributed by atoms with Crippen LogP contribution >= 0.6 is 11.8 Å². The van der Waals surface area contributed by atoms with E-state index in [2.05, 4.69) is 5.32 Å². The fourth-order valence-corrected chi connectivity index (χ4v) is 3.03. The molecule has 1 aromatic carbocycles. The van der Waals surface area contributed by atoms with Crippen LogP contribution in [-0.2, 0) is 4.79 Å². The SMILES string of the molecule is CSc1ccccc1C(=O)NC1CCC(C(=O)O)C1. The number of rotatable bonds is 4. The lowest BCUT2D eigenvalue weighted by molar-refractivity contribution is -0.141. The number of carbonyl (C=O) groups is 2. The summed E-state index contributed by atoms with van der Waals surface area (Å²) in [5.41, 5.74) is 0.661. The topological polar surface area (TPSA) is 66.4 Å². The molecule has 4 nitrogen and oxygen atoms in total. The third-order valence-electron chi connectivity index (χ3n) is 3.47. The maximum absolute atomic E-state index is 12.2. The molecule has 0 spiro atoms. The molecule has 0 radical (unpaired) electrons. The van der Waals surface area contributed by atoms with Crippen molar-refractivity contribution < 1.29 is 14.7 Å². The normalized spacial score (nSPS) is 22.2. The first kappa shape index (κ1) is 13.9. The molecule has 1 fully saturated rings. The molecule has 102 valence electrons. The number of amides is 1. The predicted molar refractivity (Wildman–Crippen MR) is 74.5 cm³/mol. The largest absolute Gasteiger partial charge is 0.481 e. The highest BCUT2D eigenvalue weighted by Gasteiger charge is 2.30. The summed E-state index contributed by atoms with van der Waals surface area (Å²) in [6, 6.07) is 7.42. The van der Waals surface area contributed by atoms with Crippen LogP contribution in [0.25, 0.3) is 0 Å². The molecule has 5 heteroatoms. The Morgan fingerprint density at radius 2 is 2.05 bits per heavy atom. The molecule has 1 amide bonds. The highest BCUT2D eigenvalue weighted by atomic mass is 32.2. The van der Waals surface area contributed by atoms with E-state index in [-0.39, 0.29) is 17.9 Å². The Kier molecular flexibility index (Phi) is 4.47. The van der Waals surface area contributed by atoms with Gasteiger partial charge in [-0.1, -0.05) is 12.1 Å².